The van der Waals surface area contributed by atoms with Gasteiger partial charge >= 0.3 is 0 Å². The zero-order chi connectivity index (χ0) is 13.5. The number of amides is 1. The highest BCUT2D eigenvalue weighted by Gasteiger charge is 2.02. The number of nitrogens with one attached hydrogen (secondary N) is 1. The molecule has 2 N–H and O–H groups in total. The lowest BCUT2D eigenvalue weighted by molar-refractivity contribution is -0.123. The number of para-hydroxylation sites is 1. The number of hydrogen-bond donors (Lipinski definition) is 2. The molecule has 5 heteroatoms. The maximum Gasteiger partial charge on any atom is 0.245 e. The fourth-order valence-corrected chi connectivity index (χ4v) is 1.73. The maximum absolute atomic E-state index is 10.8. The number of benzene rings is 1. The van der Waals surface area contributed by atoms with Crippen LogP contribution >= 0.6 is 0 Å². The zero-order valence-electron chi connectivity index (χ0n) is 10.5. The van der Waals surface area contributed by atoms with Crippen molar-refractivity contribution in [1.29, 1.82) is 0 Å². The van der Waals surface area contributed by atoms with E-state index < -0.39 is 6.61 Å². The van der Waals surface area contributed by atoms with E-state index >= 15 is 0 Å². The molecular weight excluding hydrogens is 244 g/mol. The molecule has 0 fully saturated rings. The Hall–Kier alpha value is -2.14. The summed E-state index contributed by atoms with van der Waals surface area (Å²) in [4.78, 5) is 15.1. The number of carbonyl (C=O) groups excluding carboxylic acids is 1. The third-order valence-electron chi connectivity index (χ3n) is 2.64. The number of hydrogen-bond acceptors (Lipinski definition) is 4. The fourth-order valence-electron chi connectivity index (χ4n) is 1.73. The van der Waals surface area contributed by atoms with Crippen LogP contribution in [-0.4, -0.2) is 35.8 Å². The van der Waals surface area contributed by atoms with Crippen molar-refractivity contribution in [3.63, 3.8) is 0 Å². The quantitative estimate of drug-likeness (QED) is 0.763. The molecule has 0 saturated heterocycles. The number of ether oxygens (including phenoxy) is 1. The van der Waals surface area contributed by atoms with Gasteiger partial charge < -0.3 is 15.2 Å². The molecular formula is C14H16N2O3. The van der Waals surface area contributed by atoms with Crippen molar-refractivity contribution in [3.8, 4) is 5.75 Å². The Labute approximate surface area is 111 Å². The van der Waals surface area contributed by atoms with Crippen LogP contribution in [0, 0.1) is 0 Å². The number of rotatable bonds is 6. The molecule has 0 aliphatic rings. The molecule has 0 unspecified atom stereocenters. The van der Waals surface area contributed by atoms with Gasteiger partial charge in [-0.1, -0.05) is 18.2 Å². The number of aliphatic hydroxyl groups is 1. The molecule has 0 spiro atoms. The maximum atomic E-state index is 10.8. The van der Waals surface area contributed by atoms with E-state index in [9.17, 15) is 4.79 Å². The van der Waals surface area contributed by atoms with Crippen molar-refractivity contribution in [2.24, 2.45) is 0 Å². The predicted molar refractivity (Wildman–Crippen MR) is 72.0 cm³/mol. The van der Waals surface area contributed by atoms with Gasteiger partial charge in [0.1, 0.15) is 17.9 Å². The van der Waals surface area contributed by atoms with E-state index in [2.05, 4.69) is 10.3 Å². The Bertz CT molecular complexity index is 552. The molecule has 0 bridgehead atoms. The summed E-state index contributed by atoms with van der Waals surface area (Å²) in [5.41, 5.74) is 0.837. The Morgan fingerprint density at radius 3 is 3.00 bits per heavy atom. The monoisotopic (exact) mass is 260 g/mol. The van der Waals surface area contributed by atoms with Crippen LogP contribution in [0.5, 0.6) is 5.75 Å². The number of aliphatic hydroxyl groups excluding tert-OH is 1. The number of carbonyl (C=O) groups is 1. The van der Waals surface area contributed by atoms with E-state index in [1.54, 1.807) is 6.20 Å². The molecule has 1 amide bonds. The standard InChI is InChI=1S/C14H16N2O3/c17-10-13(18)15-8-3-9-19-12-6-1-4-11-5-2-7-16-14(11)12/h1-2,4-7,17H,3,8-10H2,(H,15,18). The molecule has 5 nitrogen and oxygen atoms in total. The highest BCUT2D eigenvalue weighted by molar-refractivity contribution is 5.84. The largest absolute Gasteiger partial charge is 0.491 e. The van der Waals surface area contributed by atoms with E-state index in [1.165, 1.54) is 0 Å². The lowest BCUT2D eigenvalue weighted by Gasteiger charge is -2.08. The first-order chi connectivity index (χ1) is 9.31. The van der Waals surface area contributed by atoms with Crippen LogP contribution in [0.2, 0.25) is 0 Å². The van der Waals surface area contributed by atoms with Crippen LogP contribution in [0.15, 0.2) is 36.5 Å². The Morgan fingerprint density at radius 2 is 2.16 bits per heavy atom. The minimum absolute atomic E-state index is 0.369. The average molecular weight is 260 g/mol. The second kappa shape index (κ2) is 6.70. The van der Waals surface area contributed by atoms with Crippen LogP contribution in [0.4, 0.5) is 0 Å². The van der Waals surface area contributed by atoms with E-state index in [-0.39, 0.29) is 5.91 Å². The topological polar surface area (TPSA) is 71.5 Å². The van der Waals surface area contributed by atoms with Crippen LogP contribution in [0.1, 0.15) is 6.42 Å². The van der Waals surface area contributed by atoms with Crippen molar-refractivity contribution in [2.75, 3.05) is 19.8 Å². The third kappa shape index (κ3) is 3.66. The fraction of sp³-hybridized carbons (Fsp3) is 0.286. The van der Waals surface area contributed by atoms with Gasteiger partial charge in [0, 0.05) is 18.1 Å². The Balaban J connectivity index is 1.86. The van der Waals surface area contributed by atoms with E-state index in [1.807, 2.05) is 30.3 Å². The van der Waals surface area contributed by atoms with Crippen LogP contribution in [0.25, 0.3) is 10.9 Å². The molecule has 0 radical (unpaired) electrons. The van der Waals surface area contributed by atoms with Gasteiger partial charge in [-0.3, -0.25) is 9.78 Å². The first kappa shape index (κ1) is 13.3. The van der Waals surface area contributed by atoms with Crippen molar-refractivity contribution < 1.29 is 14.6 Å². The third-order valence-corrected chi connectivity index (χ3v) is 2.64. The zero-order valence-corrected chi connectivity index (χ0v) is 10.5. The predicted octanol–water partition coefficient (Wildman–Crippen LogP) is 1.11. The van der Waals surface area contributed by atoms with Crippen molar-refractivity contribution >= 4 is 16.8 Å². The lowest BCUT2D eigenvalue weighted by Crippen LogP contribution is -2.27. The number of fused-ring (bicyclic) bond motifs is 1. The van der Waals surface area contributed by atoms with Crippen LogP contribution in [0.3, 0.4) is 0 Å². The smallest absolute Gasteiger partial charge is 0.245 e. The average Bonchev–Trinajstić information content (AvgIpc) is 2.46. The minimum atomic E-state index is -0.478. The van der Waals surface area contributed by atoms with Gasteiger partial charge in [-0.15, -0.1) is 0 Å². The molecule has 100 valence electrons. The molecule has 0 saturated carbocycles. The normalized spacial score (nSPS) is 10.4. The summed E-state index contributed by atoms with van der Waals surface area (Å²) >= 11 is 0. The Morgan fingerprint density at radius 1 is 1.32 bits per heavy atom. The lowest BCUT2D eigenvalue weighted by atomic mass is 10.2. The van der Waals surface area contributed by atoms with Gasteiger partial charge in [-0.2, -0.15) is 0 Å². The van der Waals surface area contributed by atoms with Crippen LogP contribution in [-0.2, 0) is 4.79 Å². The highest BCUT2D eigenvalue weighted by Crippen LogP contribution is 2.22. The SMILES string of the molecule is O=C(CO)NCCCOc1cccc2cccnc12. The Kier molecular flexibility index (Phi) is 4.69. The van der Waals surface area contributed by atoms with Gasteiger partial charge in [0.15, 0.2) is 0 Å². The van der Waals surface area contributed by atoms with Gasteiger partial charge in [0.2, 0.25) is 5.91 Å². The van der Waals surface area contributed by atoms with Crippen LogP contribution < -0.4 is 10.1 Å². The highest BCUT2D eigenvalue weighted by atomic mass is 16.5. The summed E-state index contributed by atoms with van der Waals surface area (Å²) in [6.45, 7) is 0.493. The van der Waals surface area contributed by atoms with Gasteiger partial charge in [-0.05, 0) is 18.6 Å². The first-order valence-corrected chi connectivity index (χ1v) is 6.15. The summed E-state index contributed by atoms with van der Waals surface area (Å²) in [7, 11) is 0. The molecule has 2 rings (SSSR count). The summed E-state index contributed by atoms with van der Waals surface area (Å²) in [6.07, 6.45) is 2.41. The summed E-state index contributed by atoms with van der Waals surface area (Å²) in [6, 6.07) is 9.65. The van der Waals surface area contributed by atoms with Gasteiger partial charge in [0.25, 0.3) is 0 Å². The molecule has 1 aromatic carbocycles. The van der Waals surface area contributed by atoms with Crippen molar-refractivity contribution in [3.05, 3.63) is 36.5 Å². The van der Waals surface area contributed by atoms with E-state index in [4.69, 9.17) is 9.84 Å². The van der Waals surface area contributed by atoms with E-state index in [0.29, 0.717) is 19.6 Å². The van der Waals surface area contributed by atoms with Gasteiger partial charge in [0.05, 0.1) is 6.61 Å². The van der Waals surface area contributed by atoms with Crippen molar-refractivity contribution in [2.45, 2.75) is 6.42 Å². The summed E-state index contributed by atoms with van der Waals surface area (Å²) < 4.78 is 5.66. The molecule has 0 aliphatic heterocycles. The molecule has 19 heavy (non-hydrogen) atoms. The summed E-state index contributed by atoms with van der Waals surface area (Å²) in [5, 5.41) is 12.1. The molecule has 0 atom stereocenters. The molecule has 2 aromatic rings. The number of aromatic nitrogens is 1. The second-order valence-electron chi connectivity index (χ2n) is 4.04. The molecule has 1 aromatic heterocycles. The first-order valence-electron chi connectivity index (χ1n) is 6.15. The minimum Gasteiger partial charge on any atom is -0.491 e. The molecule has 1 heterocycles. The van der Waals surface area contributed by atoms with E-state index in [0.717, 1.165) is 16.7 Å². The van der Waals surface area contributed by atoms with Gasteiger partial charge in [-0.25, -0.2) is 0 Å². The molecule has 0 aliphatic carbocycles. The number of nitrogens with zero attached hydrogens (tertiary/aromatic N) is 1. The summed E-state index contributed by atoms with van der Waals surface area (Å²) in [5.74, 6) is 0.374. The van der Waals surface area contributed by atoms with Crippen molar-refractivity contribution in [1.82, 2.24) is 10.3 Å². The number of pyridine rings is 1. The second-order valence-corrected chi connectivity index (χ2v) is 4.04.